The molecule has 0 aliphatic carbocycles. The van der Waals surface area contributed by atoms with E-state index in [2.05, 4.69) is 37.4 Å². The van der Waals surface area contributed by atoms with E-state index in [1.807, 2.05) is 20.8 Å². The first-order valence-corrected chi connectivity index (χ1v) is 16.6. The molecule has 0 bridgehead atoms. The third-order valence-corrected chi connectivity index (χ3v) is 9.09. The minimum atomic E-state index is -0.479. The number of likely N-dealkylation sites (tertiary alicyclic amines) is 1. The van der Waals surface area contributed by atoms with Gasteiger partial charge in [-0.2, -0.15) is 0 Å². The Bertz CT molecular complexity index is 1030. The Balaban J connectivity index is 1.22. The third kappa shape index (κ3) is 9.88. The molecule has 0 aromatic rings. The topological polar surface area (TPSA) is 108 Å². The summed E-state index contributed by atoms with van der Waals surface area (Å²) in [7, 11) is 0. The molecule has 0 saturated carbocycles. The van der Waals surface area contributed by atoms with E-state index in [9.17, 15) is 9.59 Å². The first kappa shape index (κ1) is 34.6. The smallest absolute Gasteiger partial charge is 0.410 e. The number of nitrogens with zero attached hydrogens (tertiary/aromatic N) is 1. The summed E-state index contributed by atoms with van der Waals surface area (Å²) in [6.45, 7) is 15.3. The van der Waals surface area contributed by atoms with Crippen LogP contribution in [-0.4, -0.2) is 98.3 Å². The highest BCUT2D eigenvalue weighted by atomic mass is 16.7. The summed E-state index contributed by atoms with van der Waals surface area (Å²) in [6, 6.07) is -0.0917. The Morgan fingerprint density at radius 3 is 2.59 bits per heavy atom. The number of hydrogen-bond donors (Lipinski definition) is 1. The lowest BCUT2D eigenvalue weighted by molar-refractivity contribution is -0.213. The van der Waals surface area contributed by atoms with Gasteiger partial charge in [0, 0.05) is 32.2 Å². The Hall–Kier alpha value is -2.24. The molecule has 4 saturated heterocycles. The number of nitrogens with one attached hydrogen (secondary N) is 1. The van der Waals surface area contributed by atoms with Crippen LogP contribution < -0.4 is 5.32 Å². The third-order valence-electron chi connectivity index (χ3n) is 9.09. The van der Waals surface area contributed by atoms with Crippen LogP contribution in [-0.2, 0) is 33.2 Å². The molecule has 0 aromatic heterocycles. The van der Waals surface area contributed by atoms with Crippen LogP contribution >= 0.6 is 0 Å². The molecule has 4 rings (SSSR count). The zero-order valence-electron chi connectivity index (χ0n) is 27.5. The molecule has 1 spiro atoms. The van der Waals surface area contributed by atoms with Crippen molar-refractivity contribution in [2.45, 2.75) is 129 Å². The monoisotopic (exact) mass is 618 g/mol. The standard InChI is InChI=1S/C34H54N2O8/c1-7-39-27(6)44-32-30(40-20-17-34(32)22-41-34)15-12-23(2)11-14-29-24(3)21-28(26(5)43-29)35-31(37)16-13-25(4)42-33(38)36-18-9-8-10-19-36/h11-13,15-16,24-30,32H,7-10,14,17-22H2,1-6H3,(H,35,37). The van der Waals surface area contributed by atoms with E-state index in [4.69, 9.17) is 28.4 Å². The number of piperidine rings is 1. The number of ether oxygens (including phenoxy) is 6. The fourth-order valence-corrected chi connectivity index (χ4v) is 6.27. The van der Waals surface area contributed by atoms with Gasteiger partial charge in [0.15, 0.2) is 6.29 Å². The fraction of sp³-hybridized carbons (Fsp3) is 0.765. The predicted octanol–water partition coefficient (Wildman–Crippen LogP) is 5.07. The van der Waals surface area contributed by atoms with Crippen LogP contribution in [0.1, 0.15) is 80.1 Å². The quantitative estimate of drug-likeness (QED) is 0.140. The van der Waals surface area contributed by atoms with Gasteiger partial charge in [0.25, 0.3) is 0 Å². The van der Waals surface area contributed by atoms with Crippen LogP contribution in [0.4, 0.5) is 4.79 Å². The maximum Gasteiger partial charge on any atom is 0.410 e. The van der Waals surface area contributed by atoms with E-state index in [0.717, 1.165) is 57.2 Å². The molecule has 9 unspecified atom stereocenters. The van der Waals surface area contributed by atoms with E-state index >= 15 is 0 Å². The molecular weight excluding hydrogens is 564 g/mol. The van der Waals surface area contributed by atoms with Gasteiger partial charge in [-0.1, -0.05) is 30.7 Å². The molecule has 4 fully saturated rings. The number of amides is 2. The molecule has 10 heteroatoms. The zero-order chi connectivity index (χ0) is 31.7. The van der Waals surface area contributed by atoms with Gasteiger partial charge in [-0.05, 0) is 78.7 Å². The van der Waals surface area contributed by atoms with Crippen LogP contribution in [0.2, 0.25) is 0 Å². The fourth-order valence-electron chi connectivity index (χ4n) is 6.27. The van der Waals surface area contributed by atoms with Crippen molar-refractivity contribution in [1.82, 2.24) is 10.2 Å². The highest BCUT2D eigenvalue weighted by Crippen LogP contribution is 2.42. The van der Waals surface area contributed by atoms with Crippen molar-refractivity contribution in [2.24, 2.45) is 5.92 Å². The largest absolute Gasteiger partial charge is 0.442 e. The van der Waals surface area contributed by atoms with Crippen LogP contribution in [0.5, 0.6) is 0 Å². The Kier molecular flexibility index (Phi) is 12.9. The second-order valence-electron chi connectivity index (χ2n) is 12.8. The molecular formula is C34H54N2O8. The highest BCUT2D eigenvalue weighted by Gasteiger charge is 2.57. The van der Waals surface area contributed by atoms with E-state index in [-0.39, 0.29) is 60.3 Å². The van der Waals surface area contributed by atoms with Gasteiger partial charge in [0.1, 0.15) is 23.9 Å². The van der Waals surface area contributed by atoms with Crippen molar-refractivity contribution < 1.29 is 38.0 Å². The van der Waals surface area contributed by atoms with Crippen molar-refractivity contribution in [1.29, 1.82) is 0 Å². The lowest BCUT2D eigenvalue weighted by Crippen LogP contribution is -2.50. The van der Waals surface area contributed by atoms with Crippen LogP contribution in [0.25, 0.3) is 0 Å². The number of hydrogen-bond acceptors (Lipinski definition) is 8. The summed E-state index contributed by atoms with van der Waals surface area (Å²) in [4.78, 5) is 26.7. The minimum Gasteiger partial charge on any atom is -0.442 e. The number of carbonyl (C=O) groups is 2. The molecule has 4 heterocycles. The molecule has 10 nitrogen and oxygen atoms in total. The van der Waals surface area contributed by atoms with E-state index in [1.165, 1.54) is 6.08 Å². The van der Waals surface area contributed by atoms with Gasteiger partial charge in [0.2, 0.25) is 5.91 Å². The number of allylic oxidation sites excluding steroid dienone is 2. The van der Waals surface area contributed by atoms with Crippen molar-refractivity contribution in [3.8, 4) is 0 Å². The van der Waals surface area contributed by atoms with Crippen LogP contribution in [0.15, 0.2) is 36.0 Å². The number of carbonyl (C=O) groups excluding carboxylic acids is 2. The first-order valence-electron chi connectivity index (χ1n) is 16.6. The summed E-state index contributed by atoms with van der Waals surface area (Å²) in [6.07, 6.45) is 13.4. The second kappa shape index (κ2) is 16.4. The lowest BCUT2D eigenvalue weighted by Gasteiger charge is -2.39. The summed E-state index contributed by atoms with van der Waals surface area (Å²) in [5, 5.41) is 3.08. The molecule has 2 amide bonds. The molecule has 4 aliphatic heterocycles. The predicted molar refractivity (Wildman–Crippen MR) is 167 cm³/mol. The van der Waals surface area contributed by atoms with E-state index in [0.29, 0.717) is 19.8 Å². The molecule has 1 N–H and O–H groups in total. The molecule has 0 aromatic carbocycles. The summed E-state index contributed by atoms with van der Waals surface area (Å²) in [5.74, 6) is 0.0587. The average Bonchev–Trinajstić information content (AvgIpc) is 3.77. The average molecular weight is 619 g/mol. The van der Waals surface area contributed by atoms with Crippen molar-refractivity contribution in [2.75, 3.05) is 32.9 Å². The first-order chi connectivity index (χ1) is 21.1. The van der Waals surface area contributed by atoms with Gasteiger partial charge < -0.3 is 38.6 Å². The van der Waals surface area contributed by atoms with E-state index < -0.39 is 6.10 Å². The zero-order valence-corrected chi connectivity index (χ0v) is 27.5. The Morgan fingerprint density at radius 1 is 1.14 bits per heavy atom. The molecule has 0 radical (unpaired) electrons. The summed E-state index contributed by atoms with van der Waals surface area (Å²) in [5.41, 5.74) is 0.859. The van der Waals surface area contributed by atoms with E-state index in [1.54, 1.807) is 17.9 Å². The maximum absolute atomic E-state index is 12.7. The van der Waals surface area contributed by atoms with Gasteiger partial charge in [-0.3, -0.25) is 4.79 Å². The SMILES string of the molecule is CCOC(C)OC1C(C=CC(C)=CCC2OC(C)C(NC(=O)C=CC(C)OC(=O)N3CCCCC3)CC2C)OCCC12CO2. The molecule has 4 aliphatic rings. The van der Waals surface area contributed by atoms with Crippen LogP contribution in [0.3, 0.4) is 0 Å². The van der Waals surface area contributed by atoms with Gasteiger partial charge in [-0.25, -0.2) is 4.79 Å². The highest BCUT2D eigenvalue weighted by molar-refractivity contribution is 5.87. The second-order valence-corrected chi connectivity index (χ2v) is 12.8. The van der Waals surface area contributed by atoms with Gasteiger partial charge in [0.05, 0.1) is 31.5 Å². The normalized spacial score (nSPS) is 34.3. The van der Waals surface area contributed by atoms with Crippen molar-refractivity contribution in [3.63, 3.8) is 0 Å². The molecule has 44 heavy (non-hydrogen) atoms. The Labute approximate surface area is 263 Å². The van der Waals surface area contributed by atoms with Gasteiger partial charge >= 0.3 is 6.09 Å². The van der Waals surface area contributed by atoms with Gasteiger partial charge in [-0.15, -0.1) is 0 Å². The minimum absolute atomic E-state index is 0.0588. The van der Waals surface area contributed by atoms with Crippen LogP contribution in [0, 0.1) is 5.92 Å². The summed E-state index contributed by atoms with van der Waals surface area (Å²) >= 11 is 0. The number of rotatable bonds is 12. The molecule has 248 valence electrons. The van der Waals surface area contributed by atoms with Crippen molar-refractivity contribution >= 4 is 12.0 Å². The number of epoxide rings is 1. The summed E-state index contributed by atoms with van der Waals surface area (Å²) < 4.78 is 35.6. The molecule has 9 atom stereocenters. The maximum atomic E-state index is 12.7. The lowest BCUT2D eigenvalue weighted by atomic mass is 9.88. The van der Waals surface area contributed by atoms with Crippen molar-refractivity contribution in [3.05, 3.63) is 36.0 Å². The Morgan fingerprint density at radius 2 is 1.89 bits per heavy atom.